The van der Waals surface area contributed by atoms with Gasteiger partial charge in [-0.1, -0.05) is 0 Å². The molecule has 0 spiro atoms. The lowest BCUT2D eigenvalue weighted by Crippen LogP contribution is -2.24. The van der Waals surface area contributed by atoms with Gasteiger partial charge in [0.2, 0.25) is 10.0 Å². The number of anilines is 1. The average Bonchev–Trinajstić information content (AvgIpc) is 2.61. The third-order valence-electron chi connectivity index (χ3n) is 3.43. The van der Waals surface area contributed by atoms with Crippen LogP contribution in [0.3, 0.4) is 0 Å². The molecule has 2 N–H and O–H groups in total. The predicted octanol–water partition coefficient (Wildman–Crippen LogP) is 3.15. The smallest absolute Gasteiger partial charge is 0.322 e. The van der Waals surface area contributed by atoms with E-state index in [1.807, 2.05) is 6.07 Å². The van der Waals surface area contributed by atoms with E-state index in [0.29, 0.717) is 0 Å². The number of halogens is 3. The van der Waals surface area contributed by atoms with E-state index in [2.05, 4.69) is 10.0 Å². The lowest BCUT2D eigenvalue weighted by atomic mass is 10.2. The summed E-state index contributed by atoms with van der Waals surface area (Å²) in [7, 11) is -3.79. The van der Waals surface area contributed by atoms with E-state index < -0.39 is 27.7 Å². The first-order valence-corrected chi connectivity index (χ1v) is 9.07. The first kappa shape index (κ1) is 20.4. The molecule has 2 rings (SSSR count). The van der Waals surface area contributed by atoms with Crippen molar-refractivity contribution in [1.82, 2.24) is 4.72 Å². The van der Waals surface area contributed by atoms with Crippen LogP contribution in [-0.4, -0.2) is 20.9 Å². The van der Waals surface area contributed by atoms with Crippen LogP contribution in [0.5, 0.6) is 0 Å². The molecule has 0 saturated carbocycles. The molecule has 0 aliphatic heterocycles. The third-order valence-corrected chi connectivity index (χ3v) is 4.90. The van der Waals surface area contributed by atoms with Gasteiger partial charge in [-0.05, 0) is 48.5 Å². The van der Waals surface area contributed by atoms with Crippen molar-refractivity contribution in [1.29, 1.82) is 5.26 Å². The molecule has 6 nitrogen and oxygen atoms in total. The monoisotopic (exact) mass is 397 g/mol. The second-order valence-electron chi connectivity index (χ2n) is 5.36. The number of benzene rings is 2. The third kappa shape index (κ3) is 5.54. The number of nitriles is 1. The standard InChI is InChI=1S/C17H14F3N3O3S/c18-17(19,20)13-4-6-14(7-5-13)23-16(24)12-2-8-15(9-3-12)27(25,26)22-11-1-10-21/h2-9,22H,1,11H2,(H,23,24). The maximum absolute atomic E-state index is 12.5. The summed E-state index contributed by atoms with van der Waals surface area (Å²) in [6.07, 6.45) is -4.45. The number of nitrogens with zero attached hydrogens (tertiary/aromatic N) is 1. The zero-order valence-corrected chi connectivity index (χ0v) is 14.6. The summed E-state index contributed by atoms with van der Waals surface area (Å²) in [5.74, 6) is -0.601. The number of rotatable bonds is 6. The van der Waals surface area contributed by atoms with Crippen LogP contribution in [0, 0.1) is 11.3 Å². The van der Waals surface area contributed by atoms with Gasteiger partial charge in [0.1, 0.15) is 0 Å². The van der Waals surface area contributed by atoms with Crippen molar-refractivity contribution in [3.05, 3.63) is 59.7 Å². The Kier molecular flexibility index (Phi) is 6.20. The average molecular weight is 397 g/mol. The van der Waals surface area contributed by atoms with E-state index in [9.17, 15) is 26.4 Å². The summed E-state index contributed by atoms with van der Waals surface area (Å²) in [5.41, 5.74) is -0.535. The molecule has 0 aromatic heterocycles. The van der Waals surface area contributed by atoms with Crippen molar-refractivity contribution in [3.63, 3.8) is 0 Å². The second kappa shape index (κ2) is 8.20. The Morgan fingerprint density at radius 2 is 1.63 bits per heavy atom. The molecule has 0 heterocycles. The van der Waals surface area contributed by atoms with Crippen molar-refractivity contribution in [2.75, 3.05) is 11.9 Å². The van der Waals surface area contributed by atoms with Crippen LogP contribution >= 0.6 is 0 Å². The quantitative estimate of drug-likeness (QED) is 0.732. The lowest BCUT2D eigenvalue weighted by molar-refractivity contribution is -0.137. The summed E-state index contributed by atoms with van der Waals surface area (Å²) in [5, 5.41) is 10.9. The molecule has 0 aliphatic rings. The maximum atomic E-state index is 12.5. The summed E-state index contributed by atoms with van der Waals surface area (Å²) in [4.78, 5) is 12.1. The highest BCUT2D eigenvalue weighted by Crippen LogP contribution is 2.29. The van der Waals surface area contributed by atoms with Crippen LogP contribution in [0.15, 0.2) is 53.4 Å². The number of carbonyl (C=O) groups is 1. The second-order valence-corrected chi connectivity index (χ2v) is 7.13. The molecular weight excluding hydrogens is 383 g/mol. The number of hydrogen-bond donors (Lipinski definition) is 2. The van der Waals surface area contributed by atoms with Crippen molar-refractivity contribution < 1.29 is 26.4 Å². The lowest BCUT2D eigenvalue weighted by Gasteiger charge is -2.09. The number of carbonyl (C=O) groups excluding carboxylic acids is 1. The summed E-state index contributed by atoms with van der Waals surface area (Å²) < 4.78 is 63.8. The molecular formula is C17H14F3N3O3S. The largest absolute Gasteiger partial charge is 0.416 e. The van der Waals surface area contributed by atoms with E-state index in [4.69, 9.17) is 5.26 Å². The molecule has 2 aromatic rings. The summed E-state index contributed by atoms with van der Waals surface area (Å²) in [6, 6.07) is 10.7. The van der Waals surface area contributed by atoms with Crippen LogP contribution in [0.2, 0.25) is 0 Å². The Morgan fingerprint density at radius 1 is 1.04 bits per heavy atom. The zero-order valence-electron chi connectivity index (χ0n) is 13.7. The Hall–Kier alpha value is -2.90. The molecule has 0 saturated heterocycles. The first-order valence-electron chi connectivity index (χ1n) is 7.59. The molecule has 0 aliphatic carbocycles. The SMILES string of the molecule is N#CCCNS(=O)(=O)c1ccc(C(=O)Nc2ccc(C(F)(F)F)cc2)cc1. The summed E-state index contributed by atoms with van der Waals surface area (Å²) >= 11 is 0. The number of nitrogens with one attached hydrogen (secondary N) is 2. The van der Waals surface area contributed by atoms with E-state index in [-0.39, 0.29) is 29.1 Å². The zero-order chi connectivity index (χ0) is 20.1. The number of alkyl halides is 3. The van der Waals surface area contributed by atoms with Crippen molar-refractivity contribution in [3.8, 4) is 6.07 Å². The number of sulfonamides is 1. The van der Waals surface area contributed by atoms with Gasteiger partial charge in [0.05, 0.1) is 16.5 Å². The number of hydrogen-bond acceptors (Lipinski definition) is 4. The molecule has 27 heavy (non-hydrogen) atoms. The van der Waals surface area contributed by atoms with Crippen molar-refractivity contribution >= 4 is 21.6 Å². The van der Waals surface area contributed by atoms with Gasteiger partial charge >= 0.3 is 6.18 Å². The molecule has 2 aromatic carbocycles. The van der Waals surface area contributed by atoms with E-state index in [0.717, 1.165) is 24.3 Å². The van der Waals surface area contributed by atoms with Crippen LogP contribution in [-0.2, 0) is 16.2 Å². The van der Waals surface area contributed by atoms with Crippen molar-refractivity contribution in [2.45, 2.75) is 17.5 Å². The van der Waals surface area contributed by atoms with Crippen LogP contribution in [0.1, 0.15) is 22.3 Å². The molecule has 142 valence electrons. The van der Waals surface area contributed by atoms with Crippen LogP contribution in [0.25, 0.3) is 0 Å². The minimum absolute atomic E-state index is 0.0207. The fourth-order valence-electron chi connectivity index (χ4n) is 2.06. The van der Waals surface area contributed by atoms with E-state index >= 15 is 0 Å². The minimum Gasteiger partial charge on any atom is -0.322 e. The first-order chi connectivity index (χ1) is 12.6. The highest BCUT2D eigenvalue weighted by Gasteiger charge is 2.30. The minimum atomic E-state index is -4.47. The topological polar surface area (TPSA) is 99.1 Å². The van der Waals surface area contributed by atoms with Crippen molar-refractivity contribution in [2.24, 2.45) is 0 Å². The van der Waals surface area contributed by atoms with Crippen LogP contribution in [0.4, 0.5) is 18.9 Å². The summed E-state index contributed by atoms with van der Waals surface area (Å²) in [6.45, 7) is -0.0327. The predicted molar refractivity (Wildman–Crippen MR) is 91.3 cm³/mol. The van der Waals surface area contributed by atoms with Gasteiger partial charge in [0.15, 0.2) is 0 Å². The highest BCUT2D eigenvalue weighted by molar-refractivity contribution is 7.89. The molecule has 10 heteroatoms. The van der Waals surface area contributed by atoms with E-state index in [1.165, 1.54) is 24.3 Å². The molecule has 0 unspecified atom stereocenters. The Labute approximate surface area is 153 Å². The maximum Gasteiger partial charge on any atom is 0.416 e. The van der Waals surface area contributed by atoms with Gasteiger partial charge < -0.3 is 5.32 Å². The van der Waals surface area contributed by atoms with Gasteiger partial charge in [-0.25, -0.2) is 13.1 Å². The normalized spacial score (nSPS) is 11.6. The molecule has 0 atom stereocenters. The van der Waals surface area contributed by atoms with Gasteiger partial charge in [0.25, 0.3) is 5.91 Å². The Morgan fingerprint density at radius 3 is 2.15 bits per heavy atom. The van der Waals surface area contributed by atoms with Crippen LogP contribution < -0.4 is 10.0 Å². The molecule has 0 radical (unpaired) electrons. The molecule has 0 fully saturated rings. The fourth-order valence-corrected chi connectivity index (χ4v) is 3.09. The molecule has 0 bridgehead atoms. The number of amides is 1. The van der Waals surface area contributed by atoms with Gasteiger partial charge in [-0.2, -0.15) is 18.4 Å². The van der Waals surface area contributed by atoms with Gasteiger partial charge in [-0.3, -0.25) is 4.79 Å². The van der Waals surface area contributed by atoms with Gasteiger partial charge in [-0.15, -0.1) is 0 Å². The Balaban J connectivity index is 2.06. The highest BCUT2D eigenvalue weighted by atomic mass is 32.2. The Bertz CT molecular complexity index is 948. The fraction of sp³-hybridized carbons (Fsp3) is 0.176. The molecule has 1 amide bonds. The van der Waals surface area contributed by atoms with E-state index in [1.54, 1.807) is 0 Å². The van der Waals surface area contributed by atoms with Gasteiger partial charge in [0, 0.05) is 24.2 Å².